The number of hydrogen-bond donors (Lipinski definition) is 4. The van der Waals surface area contributed by atoms with Gasteiger partial charge in [-0.2, -0.15) is 0 Å². The average Bonchev–Trinajstić information content (AvgIpc) is 2.69. The first kappa shape index (κ1) is 23.0. The molecule has 1 aromatic carbocycles. The van der Waals surface area contributed by atoms with E-state index in [2.05, 4.69) is 16.0 Å². The Morgan fingerprint density at radius 1 is 1.34 bits per heavy atom. The van der Waals surface area contributed by atoms with Crippen LogP contribution in [0.2, 0.25) is 0 Å². The van der Waals surface area contributed by atoms with Crippen LogP contribution in [0.3, 0.4) is 0 Å². The molecular weight excluding hydrogens is 372 g/mol. The average molecular weight is 407 g/mol. The molecule has 8 heteroatoms. The summed E-state index contributed by atoms with van der Waals surface area (Å²) < 4.78 is 6.27. The number of carbonyl (C=O) groups excluding carboxylic acids is 2. The van der Waals surface area contributed by atoms with E-state index in [1.54, 1.807) is 23.1 Å². The molecule has 3 atom stereocenters. The molecule has 162 valence electrons. The van der Waals surface area contributed by atoms with Crippen LogP contribution in [0.25, 0.3) is 0 Å². The van der Waals surface area contributed by atoms with E-state index in [9.17, 15) is 14.7 Å². The van der Waals surface area contributed by atoms with E-state index in [0.29, 0.717) is 30.1 Å². The summed E-state index contributed by atoms with van der Waals surface area (Å²) >= 11 is 0. The van der Waals surface area contributed by atoms with Crippen molar-refractivity contribution in [2.75, 3.05) is 32.1 Å². The van der Waals surface area contributed by atoms with Crippen molar-refractivity contribution in [3.8, 4) is 5.75 Å². The molecule has 1 heterocycles. The van der Waals surface area contributed by atoms with Gasteiger partial charge in [-0.3, -0.25) is 4.79 Å². The van der Waals surface area contributed by atoms with Crippen LogP contribution in [-0.2, 0) is 11.2 Å². The lowest BCUT2D eigenvalue weighted by molar-refractivity contribution is -0.134. The molecule has 8 nitrogen and oxygen atoms in total. The highest BCUT2D eigenvalue weighted by Crippen LogP contribution is 2.28. The zero-order valence-corrected chi connectivity index (χ0v) is 18.0. The third-order valence-corrected chi connectivity index (χ3v) is 5.00. The zero-order valence-electron chi connectivity index (χ0n) is 18.0. The van der Waals surface area contributed by atoms with Gasteiger partial charge >= 0.3 is 6.03 Å². The number of aliphatic hydroxyl groups is 1. The van der Waals surface area contributed by atoms with Gasteiger partial charge in [0.2, 0.25) is 5.91 Å². The van der Waals surface area contributed by atoms with Crippen LogP contribution in [0.4, 0.5) is 10.5 Å². The van der Waals surface area contributed by atoms with Gasteiger partial charge in [-0.15, -0.1) is 0 Å². The number of rotatable bonds is 6. The Morgan fingerprint density at radius 2 is 2.07 bits per heavy atom. The van der Waals surface area contributed by atoms with Crippen LogP contribution in [0, 0.1) is 5.92 Å². The number of benzene rings is 1. The van der Waals surface area contributed by atoms with Gasteiger partial charge in [-0.1, -0.05) is 6.92 Å². The molecule has 1 aromatic rings. The van der Waals surface area contributed by atoms with Gasteiger partial charge in [0.1, 0.15) is 11.9 Å². The minimum absolute atomic E-state index is 0.0186. The third-order valence-electron chi connectivity index (χ3n) is 5.00. The Hall–Kier alpha value is -2.32. The number of nitrogens with one attached hydrogen (secondary N) is 3. The zero-order chi connectivity index (χ0) is 21.6. The minimum Gasteiger partial charge on any atom is -0.488 e. The van der Waals surface area contributed by atoms with Crippen molar-refractivity contribution in [3.05, 3.63) is 23.8 Å². The van der Waals surface area contributed by atoms with E-state index >= 15 is 0 Å². The third kappa shape index (κ3) is 6.33. The fraction of sp³-hybridized carbons (Fsp3) is 0.619. The van der Waals surface area contributed by atoms with Crippen molar-refractivity contribution < 1.29 is 19.4 Å². The monoisotopic (exact) mass is 406 g/mol. The normalized spacial score (nSPS) is 20.8. The Bertz CT molecular complexity index is 710. The first-order valence-corrected chi connectivity index (χ1v) is 10.2. The molecule has 1 aliphatic rings. The number of ether oxygens (including phenoxy) is 1. The number of amides is 3. The number of anilines is 1. The van der Waals surface area contributed by atoms with Crippen molar-refractivity contribution in [2.24, 2.45) is 5.92 Å². The van der Waals surface area contributed by atoms with E-state index in [0.717, 1.165) is 0 Å². The second-order valence-corrected chi connectivity index (χ2v) is 8.02. The molecule has 0 bridgehead atoms. The smallest absolute Gasteiger partial charge is 0.319 e. The second-order valence-electron chi connectivity index (χ2n) is 8.02. The van der Waals surface area contributed by atoms with Crippen LogP contribution in [-0.4, -0.2) is 66.9 Å². The number of fused-ring (bicyclic) bond motifs is 1. The lowest BCUT2D eigenvalue weighted by atomic mass is 10.0. The highest BCUT2D eigenvalue weighted by molar-refractivity contribution is 5.90. The van der Waals surface area contributed by atoms with Crippen LogP contribution < -0.4 is 20.7 Å². The van der Waals surface area contributed by atoms with E-state index in [1.807, 2.05) is 34.7 Å². The van der Waals surface area contributed by atoms with Crippen molar-refractivity contribution in [3.63, 3.8) is 0 Å². The van der Waals surface area contributed by atoms with E-state index in [1.165, 1.54) is 0 Å². The van der Waals surface area contributed by atoms with Gasteiger partial charge in [0.15, 0.2) is 0 Å². The summed E-state index contributed by atoms with van der Waals surface area (Å²) in [6.45, 7) is 8.69. The highest BCUT2D eigenvalue weighted by atomic mass is 16.5. The lowest BCUT2D eigenvalue weighted by Gasteiger charge is -2.32. The summed E-state index contributed by atoms with van der Waals surface area (Å²) in [5, 5.41) is 18.3. The molecule has 4 N–H and O–H groups in total. The predicted molar refractivity (Wildman–Crippen MR) is 113 cm³/mol. The number of likely N-dealkylation sites (N-methyl/N-ethyl adjacent to an activating group) is 1. The minimum atomic E-state index is -0.299. The van der Waals surface area contributed by atoms with Gasteiger partial charge in [0, 0.05) is 36.3 Å². The molecule has 0 spiro atoms. The Kier molecular flexibility index (Phi) is 8.28. The number of nitrogens with zero attached hydrogens (tertiary/aromatic N) is 1. The largest absolute Gasteiger partial charge is 0.488 e. The maximum atomic E-state index is 13.0. The van der Waals surface area contributed by atoms with Crippen LogP contribution in [0.15, 0.2) is 18.2 Å². The van der Waals surface area contributed by atoms with Gasteiger partial charge in [0.05, 0.1) is 19.1 Å². The number of urea groups is 1. The Labute approximate surface area is 173 Å². The Morgan fingerprint density at radius 3 is 2.69 bits per heavy atom. The van der Waals surface area contributed by atoms with Crippen molar-refractivity contribution in [1.82, 2.24) is 15.5 Å². The summed E-state index contributed by atoms with van der Waals surface area (Å²) in [6.07, 6.45) is 0.000997. The van der Waals surface area contributed by atoms with E-state index < -0.39 is 0 Å². The molecule has 0 radical (unpaired) electrons. The Balaban J connectivity index is 2.35. The van der Waals surface area contributed by atoms with Gasteiger partial charge in [0.25, 0.3) is 0 Å². The topological polar surface area (TPSA) is 103 Å². The molecule has 29 heavy (non-hydrogen) atoms. The number of aliphatic hydroxyl groups excluding tert-OH is 1. The molecule has 3 amide bonds. The summed E-state index contributed by atoms with van der Waals surface area (Å²) in [5.74, 6) is 0.636. The van der Waals surface area contributed by atoms with Gasteiger partial charge in [-0.05, 0) is 46.0 Å². The van der Waals surface area contributed by atoms with E-state index in [4.69, 9.17) is 4.74 Å². The maximum Gasteiger partial charge on any atom is 0.319 e. The highest BCUT2D eigenvalue weighted by Gasteiger charge is 2.30. The summed E-state index contributed by atoms with van der Waals surface area (Å²) in [6, 6.07) is 4.80. The van der Waals surface area contributed by atoms with Crippen LogP contribution in [0.1, 0.15) is 33.3 Å². The molecular formula is C21H34N4O4. The maximum absolute atomic E-state index is 13.0. The van der Waals surface area contributed by atoms with Crippen molar-refractivity contribution in [2.45, 2.75) is 52.3 Å². The second kappa shape index (κ2) is 10.5. The molecule has 0 aliphatic carbocycles. The molecule has 0 unspecified atom stereocenters. The summed E-state index contributed by atoms with van der Waals surface area (Å²) in [5.41, 5.74) is 1.31. The van der Waals surface area contributed by atoms with Crippen LogP contribution in [0.5, 0.6) is 5.75 Å². The molecule has 2 rings (SSSR count). The predicted octanol–water partition coefficient (Wildman–Crippen LogP) is 1.58. The lowest BCUT2D eigenvalue weighted by Crippen LogP contribution is -2.47. The molecule has 0 saturated carbocycles. The fourth-order valence-corrected chi connectivity index (χ4v) is 3.38. The van der Waals surface area contributed by atoms with Crippen LogP contribution >= 0.6 is 0 Å². The summed E-state index contributed by atoms with van der Waals surface area (Å²) in [4.78, 5) is 26.8. The molecule has 0 aromatic heterocycles. The number of hydrogen-bond acceptors (Lipinski definition) is 5. The molecule has 0 saturated heterocycles. The quantitative estimate of drug-likeness (QED) is 0.574. The van der Waals surface area contributed by atoms with E-state index in [-0.39, 0.29) is 49.1 Å². The summed E-state index contributed by atoms with van der Waals surface area (Å²) in [7, 11) is 1.86. The standard InChI is InChI=1S/C21H34N4O4/c1-13(2)23-21(28)24-17-6-7-18-16(8-17)9-20(27)25(15(4)12-26)11-14(3)19(29-18)10-22-5/h6-8,13-15,19,22,26H,9-12H2,1-5H3,(H2,23,24,28)/t14-,15-,19-/m0/s1. The van der Waals surface area contributed by atoms with Gasteiger partial charge < -0.3 is 30.7 Å². The molecule has 0 fully saturated rings. The number of carbonyl (C=O) groups is 2. The molecule has 1 aliphatic heterocycles. The first-order chi connectivity index (χ1) is 13.7. The first-order valence-electron chi connectivity index (χ1n) is 10.2. The fourth-order valence-electron chi connectivity index (χ4n) is 3.38. The van der Waals surface area contributed by atoms with Gasteiger partial charge in [-0.25, -0.2) is 4.79 Å². The van der Waals surface area contributed by atoms with Crippen molar-refractivity contribution >= 4 is 17.6 Å². The SMILES string of the molecule is CNC[C@@H]1Oc2ccc(NC(=O)NC(C)C)cc2CC(=O)N([C@@H](C)CO)C[C@@H]1C. The van der Waals surface area contributed by atoms with Crippen molar-refractivity contribution in [1.29, 1.82) is 0 Å².